The number of nitrogens with two attached hydrogens (primary N) is 1. The topological polar surface area (TPSA) is 163 Å². The molecule has 0 spiro atoms. The van der Waals surface area contributed by atoms with Gasteiger partial charge in [0.1, 0.15) is 6.04 Å². The fourth-order valence-corrected chi connectivity index (χ4v) is 5.73. The van der Waals surface area contributed by atoms with Gasteiger partial charge in [0.25, 0.3) is 0 Å². The molecule has 0 bridgehead atoms. The molecule has 1 fully saturated rings. The van der Waals surface area contributed by atoms with Gasteiger partial charge in [0.05, 0.1) is 35.4 Å². The molecule has 40 heavy (non-hydrogen) atoms. The molecule has 210 valence electrons. The zero-order valence-electron chi connectivity index (χ0n) is 21.8. The number of carboxylic acid groups (broad SMARTS) is 1. The first-order chi connectivity index (χ1) is 19.2. The summed E-state index contributed by atoms with van der Waals surface area (Å²) in [4.78, 5) is 30.7. The summed E-state index contributed by atoms with van der Waals surface area (Å²) < 4.78 is 27.5. The van der Waals surface area contributed by atoms with E-state index in [9.17, 15) is 23.1 Å². The van der Waals surface area contributed by atoms with Crippen LogP contribution in [0, 0.1) is 6.92 Å². The van der Waals surface area contributed by atoms with Gasteiger partial charge in [0.15, 0.2) is 0 Å². The summed E-state index contributed by atoms with van der Waals surface area (Å²) in [6.07, 6.45) is 1.49. The van der Waals surface area contributed by atoms with Gasteiger partial charge in [-0.05, 0) is 47.9 Å². The SMILES string of the molecule is Cc1cccc(S(=O)(=O)N[C@@H](CNC(=O)C[C@@H]2C[C@H](c3ccc(C=NN)cc3)N(c3ccccc3)O2)C(=O)O)c1. The molecule has 1 amide bonds. The highest BCUT2D eigenvalue weighted by molar-refractivity contribution is 7.89. The van der Waals surface area contributed by atoms with E-state index in [-0.39, 0.29) is 17.4 Å². The van der Waals surface area contributed by atoms with Gasteiger partial charge in [-0.1, -0.05) is 54.6 Å². The number of nitrogens with zero attached hydrogens (tertiary/aromatic N) is 2. The Morgan fingerprint density at radius 3 is 2.50 bits per heavy atom. The summed E-state index contributed by atoms with van der Waals surface area (Å²) >= 11 is 0. The number of rotatable bonds is 11. The number of aryl methyl sites for hydroxylation is 1. The Kier molecular flexibility index (Phi) is 9.15. The van der Waals surface area contributed by atoms with Crippen molar-refractivity contribution >= 4 is 33.8 Å². The number of anilines is 1. The van der Waals surface area contributed by atoms with E-state index in [4.69, 9.17) is 10.7 Å². The number of para-hydroxylation sites is 1. The fourth-order valence-electron chi connectivity index (χ4n) is 4.43. The first kappa shape index (κ1) is 28.7. The van der Waals surface area contributed by atoms with Crippen LogP contribution in [0.25, 0.3) is 0 Å². The Hall–Kier alpha value is -4.26. The maximum atomic E-state index is 12.8. The number of nitrogens with one attached hydrogen (secondary N) is 2. The third-order valence-corrected chi connectivity index (χ3v) is 7.87. The molecule has 4 rings (SSSR count). The monoisotopic (exact) mass is 565 g/mol. The number of hydrogen-bond donors (Lipinski definition) is 4. The van der Waals surface area contributed by atoms with Crippen molar-refractivity contribution in [2.45, 2.75) is 42.8 Å². The maximum absolute atomic E-state index is 12.8. The van der Waals surface area contributed by atoms with Crippen LogP contribution in [-0.2, 0) is 24.4 Å². The largest absolute Gasteiger partial charge is 0.480 e. The summed E-state index contributed by atoms with van der Waals surface area (Å²) in [6, 6.07) is 21.5. The van der Waals surface area contributed by atoms with Crippen LogP contribution in [0.2, 0.25) is 0 Å². The van der Waals surface area contributed by atoms with E-state index in [2.05, 4.69) is 15.1 Å². The van der Waals surface area contributed by atoms with Crippen molar-refractivity contribution in [1.29, 1.82) is 0 Å². The zero-order valence-corrected chi connectivity index (χ0v) is 22.6. The highest BCUT2D eigenvalue weighted by Crippen LogP contribution is 2.39. The van der Waals surface area contributed by atoms with Crippen molar-refractivity contribution in [1.82, 2.24) is 10.0 Å². The van der Waals surface area contributed by atoms with Crippen molar-refractivity contribution < 1.29 is 28.0 Å². The third-order valence-electron chi connectivity index (χ3n) is 6.40. The van der Waals surface area contributed by atoms with Crippen LogP contribution < -0.4 is 20.9 Å². The van der Waals surface area contributed by atoms with E-state index in [1.54, 1.807) is 30.3 Å². The van der Waals surface area contributed by atoms with E-state index >= 15 is 0 Å². The highest BCUT2D eigenvalue weighted by atomic mass is 32.2. The summed E-state index contributed by atoms with van der Waals surface area (Å²) in [7, 11) is -4.11. The van der Waals surface area contributed by atoms with Crippen LogP contribution >= 0.6 is 0 Å². The normalized spacial score (nSPS) is 18.1. The summed E-state index contributed by atoms with van der Waals surface area (Å²) in [5.41, 5.74) is 3.35. The molecule has 0 aliphatic carbocycles. The number of carbonyl (C=O) groups is 2. The standard InChI is InChI=1S/C28H31N5O6S/c1-19-6-5-9-24(14-19)40(37,38)32-25(28(35)36)18-30-27(34)16-23-15-26(21-12-10-20(11-13-21)17-31-29)33(39-23)22-7-3-2-4-8-22/h2-14,17,23,25-26,32H,15-16,18,29H2,1H3,(H,30,34)(H,35,36)/t23-,25-,26+/m0/s1. The van der Waals surface area contributed by atoms with E-state index in [1.165, 1.54) is 12.1 Å². The summed E-state index contributed by atoms with van der Waals surface area (Å²) in [5, 5.41) is 17.4. The van der Waals surface area contributed by atoms with Crippen molar-refractivity contribution in [3.05, 3.63) is 95.6 Å². The smallest absolute Gasteiger partial charge is 0.323 e. The molecule has 1 aliphatic rings. The molecule has 5 N–H and O–H groups in total. The lowest BCUT2D eigenvalue weighted by Gasteiger charge is -2.25. The van der Waals surface area contributed by atoms with Crippen LogP contribution in [0.3, 0.4) is 0 Å². The Labute approximate surface area is 232 Å². The van der Waals surface area contributed by atoms with E-state index < -0.39 is 40.6 Å². The second kappa shape index (κ2) is 12.7. The number of benzene rings is 3. The lowest BCUT2D eigenvalue weighted by molar-refractivity contribution is -0.138. The van der Waals surface area contributed by atoms with Gasteiger partial charge in [0, 0.05) is 13.0 Å². The molecule has 3 aromatic rings. The highest BCUT2D eigenvalue weighted by Gasteiger charge is 2.36. The van der Waals surface area contributed by atoms with Gasteiger partial charge in [-0.15, -0.1) is 0 Å². The second-order valence-electron chi connectivity index (χ2n) is 9.42. The number of sulfonamides is 1. The predicted octanol–water partition coefficient (Wildman–Crippen LogP) is 2.48. The molecule has 12 heteroatoms. The molecule has 0 saturated carbocycles. The van der Waals surface area contributed by atoms with Gasteiger partial charge < -0.3 is 16.3 Å². The van der Waals surface area contributed by atoms with Crippen LogP contribution in [0.15, 0.2) is 88.9 Å². The van der Waals surface area contributed by atoms with Crippen molar-refractivity contribution in [2.75, 3.05) is 11.6 Å². The van der Waals surface area contributed by atoms with Crippen LogP contribution in [0.5, 0.6) is 0 Å². The van der Waals surface area contributed by atoms with Crippen LogP contribution in [0.4, 0.5) is 5.69 Å². The van der Waals surface area contributed by atoms with Crippen LogP contribution in [-0.4, -0.2) is 50.3 Å². The van der Waals surface area contributed by atoms with Crippen molar-refractivity contribution in [3.63, 3.8) is 0 Å². The molecule has 11 nitrogen and oxygen atoms in total. The number of aliphatic carboxylic acids is 1. The van der Waals surface area contributed by atoms with Crippen LogP contribution in [0.1, 0.15) is 35.6 Å². The van der Waals surface area contributed by atoms with Gasteiger partial charge in [-0.2, -0.15) is 9.82 Å². The van der Waals surface area contributed by atoms with Crippen molar-refractivity contribution in [2.24, 2.45) is 10.9 Å². The molecule has 0 aromatic heterocycles. The van der Waals surface area contributed by atoms with Crippen molar-refractivity contribution in [3.8, 4) is 0 Å². The summed E-state index contributed by atoms with van der Waals surface area (Å²) in [5.74, 6) is 3.37. The average Bonchev–Trinajstić information content (AvgIpc) is 3.35. The minimum atomic E-state index is -4.11. The Morgan fingerprint density at radius 1 is 1.12 bits per heavy atom. The third kappa shape index (κ3) is 7.23. The van der Waals surface area contributed by atoms with Gasteiger partial charge in [-0.3, -0.25) is 14.4 Å². The second-order valence-corrected chi connectivity index (χ2v) is 11.1. The molecule has 0 unspecified atom stereocenters. The average molecular weight is 566 g/mol. The number of hydroxylamine groups is 1. The molecule has 1 saturated heterocycles. The molecule has 3 atom stereocenters. The van der Waals surface area contributed by atoms with Gasteiger partial charge in [0.2, 0.25) is 15.9 Å². The number of hydrazone groups is 1. The first-order valence-electron chi connectivity index (χ1n) is 12.6. The zero-order chi connectivity index (χ0) is 28.7. The summed E-state index contributed by atoms with van der Waals surface area (Å²) in [6.45, 7) is 1.30. The Bertz CT molecular complexity index is 1460. The van der Waals surface area contributed by atoms with E-state index in [1.807, 2.05) is 54.6 Å². The quantitative estimate of drug-likeness (QED) is 0.156. The lowest BCUT2D eigenvalue weighted by Crippen LogP contribution is -2.48. The van der Waals surface area contributed by atoms with Gasteiger partial charge >= 0.3 is 5.97 Å². The molecular weight excluding hydrogens is 534 g/mol. The molecule has 3 aromatic carbocycles. The molecule has 1 aliphatic heterocycles. The number of carboxylic acids is 1. The van der Waals surface area contributed by atoms with Gasteiger partial charge in [-0.25, -0.2) is 13.5 Å². The number of amides is 1. The minimum Gasteiger partial charge on any atom is -0.480 e. The number of carbonyl (C=O) groups excluding carboxylic acids is 1. The minimum absolute atomic E-state index is 0.0469. The molecule has 0 radical (unpaired) electrons. The molecule has 1 heterocycles. The molecular formula is C28H31N5O6S. The maximum Gasteiger partial charge on any atom is 0.323 e. The number of hydrogen-bond acceptors (Lipinski definition) is 8. The fraction of sp³-hybridized carbons (Fsp3) is 0.250. The van der Waals surface area contributed by atoms with E-state index in [0.29, 0.717) is 12.0 Å². The Balaban J connectivity index is 1.41. The lowest BCUT2D eigenvalue weighted by atomic mass is 9.98. The van der Waals surface area contributed by atoms with E-state index in [0.717, 1.165) is 16.8 Å². The first-order valence-corrected chi connectivity index (χ1v) is 14.1. The predicted molar refractivity (Wildman–Crippen MR) is 150 cm³/mol. The Morgan fingerprint density at radius 2 is 1.85 bits per heavy atom.